The van der Waals surface area contributed by atoms with Crippen LogP contribution in [-0.4, -0.2) is 29.9 Å². The maximum Gasteiger partial charge on any atom is 0.306 e. The minimum absolute atomic E-state index is 0.110. The van der Waals surface area contributed by atoms with Crippen LogP contribution in [0.15, 0.2) is 24.3 Å². The second kappa shape index (κ2) is 7.76. The second-order valence-corrected chi connectivity index (χ2v) is 5.90. The molecule has 3 N–H and O–H groups in total. The molecule has 6 nitrogen and oxygen atoms in total. The number of carboxylic acids is 1. The molecule has 2 rings (SSSR count). The van der Waals surface area contributed by atoms with Crippen LogP contribution < -0.4 is 10.6 Å². The Morgan fingerprint density at radius 2 is 1.96 bits per heavy atom. The van der Waals surface area contributed by atoms with E-state index in [0.717, 1.165) is 18.4 Å². The van der Waals surface area contributed by atoms with Gasteiger partial charge in [-0.15, -0.1) is 0 Å². The number of aliphatic carboxylic acids is 1. The molecule has 2 unspecified atom stereocenters. The van der Waals surface area contributed by atoms with Gasteiger partial charge in [0.1, 0.15) is 0 Å². The SMILES string of the molecule is CNC(=O)c1cccc(CNC(=O)C2CCCC(C(=O)O)C2)c1. The summed E-state index contributed by atoms with van der Waals surface area (Å²) in [7, 11) is 1.57. The van der Waals surface area contributed by atoms with E-state index >= 15 is 0 Å². The molecule has 2 amide bonds. The largest absolute Gasteiger partial charge is 0.481 e. The van der Waals surface area contributed by atoms with Gasteiger partial charge >= 0.3 is 5.97 Å². The van der Waals surface area contributed by atoms with E-state index in [0.29, 0.717) is 24.9 Å². The summed E-state index contributed by atoms with van der Waals surface area (Å²) in [4.78, 5) is 34.9. The molecule has 0 aliphatic heterocycles. The summed E-state index contributed by atoms with van der Waals surface area (Å²) >= 11 is 0. The third-order valence-corrected chi connectivity index (χ3v) is 4.28. The first kappa shape index (κ1) is 17.0. The number of carbonyl (C=O) groups is 3. The Morgan fingerprint density at radius 1 is 1.22 bits per heavy atom. The monoisotopic (exact) mass is 318 g/mol. The Bertz CT molecular complexity index is 600. The highest BCUT2D eigenvalue weighted by Gasteiger charge is 2.30. The lowest BCUT2D eigenvalue weighted by Gasteiger charge is -2.25. The fourth-order valence-electron chi connectivity index (χ4n) is 2.95. The van der Waals surface area contributed by atoms with Gasteiger partial charge in [0, 0.05) is 25.1 Å². The van der Waals surface area contributed by atoms with Crippen LogP contribution in [0.1, 0.15) is 41.6 Å². The lowest BCUT2D eigenvalue weighted by Crippen LogP contribution is -2.35. The second-order valence-electron chi connectivity index (χ2n) is 5.90. The topological polar surface area (TPSA) is 95.5 Å². The highest BCUT2D eigenvalue weighted by Crippen LogP contribution is 2.29. The van der Waals surface area contributed by atoms with E-state index in [1.165, 1.54) is 0 Å². The van der Waals surface area contributed by atoms with E-state index in [4.69, 9.17) is 5.11 Å². The van der Waals surface area contributed by atoms with Crippen LogP contribution in [0.2, 0.25) is 0 Å². The van der Waals surface area contributed by atoms with Gasteiger partial charge in [-0.2, -0.15) is 0 Å². The van der Waals surface area contributed by atoms with Gasteiger partial charge in [-0.3, -0.25) is 14.4 Å². The summed E-state index contributed by atoms with van der Waals surface area (Å²) < 4.78 is 0. The highest BCUT2D eigenvalue weighted by atomic mass is 16.4. The van der Waals surface area contributed by atoms with Crippen LogP contribution >= 0.6 is 0 Å². The van der Waals surface area contributed by atoms with Crippen molar-refractivity contribution in [1.29, 1.82) is 0 Å². The lowest BCUT2D eigenvalue weighted by molar-refractivity contribution is -0.144. The molecule has 0 radical (unpaired) electrons. The molecule has 1 aromatic carbocycles. The Labute approximate surface area is 135 Å². The molecule has 2 atom stereocenters. The van der Waals surface area contributed by atoms with Crippen LogP contribution in [0.5, 0.6) is 0 Å². The van der Waals surface area contributed by atoms with Gasteiger partial charge in [0.05, 0.1) is 5.92 Å². The quantitative estimate of drug-likeness (QED) is 0.767. The fourth-order valence-corrected chi connectivity index (χ4v) is 2.95. The number of carbonyl (C=O) groups excluding carboxylic acids is 2. The molecular weight excluding hydrogens is 296 g/mol. The van der Waals surface area contributed by atoms with E-state index in [-0.39, 0.29) is 17.7 Å². The van der Waals surface area contributed by atoms with E-state index in [2.05, 4.69) is 10.6 Å². The first-order chi connectivity index (χ1) is 11.0. The average molecular weight is 318 g/mol. The van der Waals surface area contributed by atoms with Crippen molar-refractivity contribution in [2.45, 2.75) is 32.2 Å². The molecule has 1 aromatic rings. The number of carboxylic acid groups (broad SMARTS) is 1. The molecule has 6 heteroatoms. The Morgan fingerprint density at radius 3 is 2.65 bits per heavy atom. The summed E-state index contributed by atoms with van der Waals surface area (Å²) in [6.45, 7) is 0.331. The highest BCUT2D eigenvalue weighted by molar-refractivity contribution is 5.94. The molecule has 0 spiro atoms. The number of hydrogen-bond acceptors (Lipinski definition) is 3. The molecule has 1 aliphatic rings. The first-order valence-corrected chi connectivity index (χ1v) is 7.82. The summed E-state index contributed by atoms with van der Waals surface area (Å²) in [5.74, 6) is -1.76. The van der Waals surface area contributed by atoms with Crippen LogP contribution in [0.3, 0.4) is 0 Å². The molecule has 0 bridgehead atoms. The fraction of sp³-hybridized carbons (Fsp3) is 0.471. The van der Waals surface area contributed by atoms with Gasteiger partial charge in [-0.05, 0) is 37.0 Å². The molecule has 1 fully saturated rings. The number of rotatable bonds is 5. The van der Waals surface area contributed by atoms with Crippen LogP contribution in [0.4, 0.5) is 0 Å². The molecule has 124 valence electrons. The van der Waals surface area contributed by atoms with Crippen molar-refractivity contribution >= 4 is 17.8 Å². The third kappa shape index (κ3) is 4.55. The summed E-state index contributed by atoms with van der Waals surface area (Å²) in [5.41, 5.74) is 1.38. The molecule has 0 heterocycles. The van der Waals surface area contributed by atoms with E-state index < -0.39 is 11.9 Å². The number of amides is 2. The summed E-state index contributed by atoms with van der Waals surface area (Å²) in [5, 5.41) is 14.5. The van der Waals surface area contributed by atoms with E-state index in [1.807, 2.05) is 6.07 Å². The zero-order chi connectivity index (χ0) is 16.8. The van der Waals surface area contributed by atoms with Gasteiger partial charge < -0.3 is 15.7 Å². The Kier molecular flexibility index (Phi) is 5.73. The van der Waals surface area contributed by atoms with Crippen molar-refractivity contribution in [2.75, 3.05) is 7.05 Å². The lowest BCUT2D eigenvalue weighted by atomic mass is 9.81. The predicted molar refractivity (Wildman–Crippen MR) is 84.8 cm³/mol. The zero-order valence-corrected chi connectivity index (χ0v) is 13.2. The molecule has 1 aliphatic carbocycles. The van der Waals surface area contributed by atoms with E-state index in [1.54, 1.807) is 25.2 Å². The van der Waals surface area contributed by atoms with Crippen LogP contribution in [-0.2, 0) is 16.1 Å². The van der Waals surface area contributed by atoms with Crippen molar-refractivity contribution in [1.82, 2.24) is 10.6 Å². The maximum atomic E-state index is 12.2. The summed E-state index contributed by atoms with van der Waals surface area (Å²) in [6, 6.07) is 7.06. The van der Waals surface area contributed by atoms with Crippen molar-refractivity contribution in [3.05, 3.63) is 35.4 Å². The molecule has 0 saturated heterocycles. The smallest absolute Gasteiger partial charge is 0.306 e. The van der Waals surface area contributed by atoms with Gasteiger partial charge in [-0.25, -0.2) is 0 Å². The van der Waals surface area contributed by atoms with Crippen molar-refractivity contribution in [3.8, 4) is 0 Å². The number of nitrogens with one attached hydrogen (secondary N) is 2. The molecule has 1 saturated carbocycles. The number of hydrogen-bond donors (Lipinski definition) is 3. The van der Waals surface area contributed by atoms with E-state index in [9.17, 15) is 14.4 Å². The Hall–Kier alpha value is -2.37. The van der Waals surface area contributed by atoms with Gasteiger partial charge in [0.2, 0.25) is 5.91 Å². The number of benzene rings is 1. The van der Waals surface area contributed by atoms with Crippen molar-refractivity contribution in [2.24, 2.45) is 11.8 Å². The maximum absolute atomic E-state index is 12.2. The van der Waals surface area contributed by atoms with Crippen molar-refractivity contribution < 1.29 is 19.5 Å². The first-order valence-electron chi connectivity index (χ1n) is 7.82. The summed E-state index contributed by atoms with van der Waals surface area (Å²) in [6.07, 6.45) is 2.54. The molecule has 23 heavy (non-hydrogen) atoms. The minimum atomic E-state index is -0.819. The Balaban J connectivity index is 1.91. The van der Waals surface area contributed by atoms with Crippen LogP contribution in [0, 0.1) is 11.8 Å². The third-order valence-electron chi connectivity index (χ3n) is 4.28. The predicted octanol–water partition coefficient (Wildman–Crippen LogP) is 1.55. The zero-order valence-electron chi connectivity index (χ0n) is 13.2. The van der Waals surface area contributed by atoms with Crippen molar-refractivity contribution in [3.63, 3.8) is 0 Å². The standard InChI is InChI=1S/C17H22N2O4/c1-18-15(20)12-5-2-4-11(8-12)10-19-16(21)13-6-3-7-14(9-13)17(22)23/h2,4-5,8,13-14H,3,6-7,9-10H2,1H3,(H,18,20)(H,19,21)(H,22,23). The van der Waals surface area contributed by atoms with Gasteiger partial charge in [0.15, 0.2) is 0 Å². The van der Waals surface area contributed by atoms with Gasteiger partial charge in [0.25, 0.3) is 5.91 Å². The van der Waals surface area contributed by atoms with Gasteiger partial charge in [-0.1, -0.05) is 18.6 Å². The normalized spacial score (nSPS) is 20.6. The van der Waals surface area contributed by atoms with Crippen LogP contribution in [0.25, 0.3) is 0 Å². The molecule has 0 aromatic heterocycles. The molecular formula is C17H22N2O4. The average Bonchev–Trinajstić information content (AvgIpc) is 2.59. The minimum Gasteiger partial charge on any atom is -0.481 e.